The zero-order valence-corrected chi connectivity index (χ0v) is 22.0. The highest BCUT2D eigenvalue weighted by Crippen LogP contribution is 2.32. The van der Waals surface area contributed by atoms with Crippen LogP contribution in [0.25, 0.3) is 0 Å². The Labute approximate surface area is 198 Å². The maximum Gasteiger partial charge on any atom is 0.309 e. The van der Waals surface area contributed by atoms with Crippen LogP contribution in [0.1, 0.15) is 124 Å². The van der Waals surface area contributed by atoms with Gasteiger partial charge in [-0.2, -0.15) is 0 Å². The number of hydrogen-bond acceptors (Lipinski definition) is 3. The summed E-state index contributed by atoms with van der Waals surface area (Å²) in [7, 11) is 1.72. The second-order valence-corrected chi connectivity index (χ2v) is 9.49. The van der Waals surface area contributed by atoms with Crippen molar-refractivity contribution in [2.75, 3.05) is 0 Å². The normalized spacial score (nSPS) is 12.5. The third-order valence-corrected chi connectivity index (χ3v) is 6.44. The first-order valence-corrected chi connectivity index (χ1v) is 12.7. The minimum absolute atomic E-state index is 0.185. The molecule has 0 fully saturated rings. The summed E-state index contributed by atoms with van der Waals surface area (Å²) >= 11 is 0. The highest BCUT2D eigenvalue weighted by atomic mass is 31.0. The number of carbonyl (C=O) groups is 2. The molecule has 1 aromatic carbocycles. The maximum absolute atomic E-state index is 12.7. The van der Waals surface area contributed by atoms with Crippen LogP contribution < -0.4 is 0 Å². The smallest absolute Gasteiger partial charge is 0.309 e. The fraction of sp³-hybridized carbons (Fsp3) is 0.704. The SMILES string of the molecule is CCCCCCCCCCC(C)(CCCCC(=O)c1c(C)cc(C)cc1C)C(=O)O.O=P. The van der Waals surface area contributed by atoms with E-state index in [9.17, 15) is 14.7 Å². The van der Waals surface area contributed by atoms with Gasteiger partial charge in [0.05, 0.1) is 5.41 Å². The van der Waals surface area contributed by atoms with Crippen molar-refractivity contribution in [1.29, 1.82) is 0 Å². The molecule has 0 saturated heterocycles. The number of benzene rings is 1. The summed E-state index contributed by atoms with van der Waals surface area (Å²) in [6, 6.07) is 4.12. The molecule has 0 aliphatic rings. The summed E-state index contributed by atoms with van der Waals surface area (Å²) in [4.78, 5) is 24.5. The molecule has 5 heteroatoms. The molecule has 0 radical (unpaired) electrons. The summed E-state index contributed by atoms with van der Waals surface area (Å²) in [5, 5.41) is 9.75. The summed E-state index contributed by atoms with van der Waals surface area (Å²) in [6.07, 6.45) is 13.2. The Morgan fingerprint density at radius 3 is 1.72 bits per heavy atom. The van der Waals surface area contributed by atoms with Gasteiger partial charge in [0, 0.05) is 12.0 Å². The van der Waals surface area contributed by atoms with Crippen molar-refractivity contribution in [1.82, 2.24) is 0 Å². The lowest BCUT2D eigenvalue weighted by atomic mass is 9.79. The number of Topliss-reactive ketones (excluding diaryl/α,β-unsaturated/α-hetero) is 1. The molecule has 0 aliphatic carbocycles. The van der Waals surface area contributed by atoms with Gasteiger partial charge in [0.15, 0.2) is 5.78 Å². The largest absolute Gasteiger partial charge is 0.481 e. The van der Waals surface area contributed by atoms with Crippen molar-refractivity contribution >= 4 is 20.9 Å². The minimum Gasteiger partial charge on any atom is -0.481 e. The average Bonchev–Trinajstić information content (AvgIpc) is 2.73. The van der Waals surface area contributed by atoms with Crippen LogP contribution in [0.15, 0.2) is 12.1 Å². The number of ketones is 1. The monoisotopic (exact) mass is 464 g/mol. The molecule has 1 rings (SSSR count). The van der Waals surface area contributed by atoms with Crippen LogP contribution in [-0.4, -0.2) is 16.9 Å². The molecule has 0 aliphatic heterocycles. The minimum atomic E-state index is -0.693. The molecule has 0 saturated carbocycles. The number of hydrogen-bond donors (Lipinski definition) is 1. The Balaban J connectivity index is 0.00000466. The van der Waals surface area contributed by atoms with Gasteiger partial charge in [0.25, 0.3) is 0 Å². The molecular weight excluding hydrogens is 419 g/mol. The van der Waals surface area contributed by atoms with E-state index in [-0.39, 0.29) is 5.78 Å². The fourth-order valence-electron chi connectivity index (χ4n) is 4.53. The molecule has 1 unspecified atom stereocenters. The van der Waals surface area contributed by atoms with Gasteiger partial charge >= 0.3 is 5.97 Å². The fourth-order valence-corrected chi connectivity index (χ4v) is 4.53. The average molecular weight is 465 g/mol. The maximum atomic E-state index is 12.7. The van der Waals surface area contributed by atoms with E-state index < -0.39 is 11.4 Å². The summed E-state index contributed by atoms with van der Waals surface area (Å²) in [5.74, 6) is -0.507. The molecule has 0 amide bonds. The van der Waals surface area contributed by atoms with Gasteiger partial charge in [-0.1, -0.05) is 82.4 Å². The second kappa shape index (κ2) is 17.0. The zero-order chi connectivity index (χ0) is 24.6. The first-order valence-electron chi connectivity index (χ1n) is 12.3. The van der Waals surface area contributed by atoms with Gasteiger partial charge in [-0.25, -0.2) is 0 Å². The lowest BCUT2D eigenvalue weighted by Crippen LogP contribution is -2.27. The van der Waals surface area contributed by atoms with Gasteiger partial charge in [0.2, 0.25) is 0 Å². The molecule has 1 aromatic rings. The van der Waals surface area contributed by atoms with E-state index in [1.807, 2.05) is 27.7 Å². The van der Waals surface area contributed by atoms with Crippen LogP contribution in [0.4, 0.5) is 0 Å². The van der Waals surface area contributed by atoms with Crippen LogP contribution in [0.2, 0.25) is 0 Å². The molecule has 4 nitrogen and oxygen atoms in total. The summed E-state index contributed by atoms with van der Waals surface area (Å²) in [6.45, 7) is 10.2. The van der Waals surface area contributed by atoms with Crippen LogP contribution in [0.5, 0.6) is 0 Å². The van der Waals surface area contributed by atoms with Crippen molar-refractivity contribution in [2.45, 2.75) is 118 Å². The third-order valence-electron chi connectivity index (χ3n) is 6.44. The Morgan fingerprint density at radius 1 is 0.812 bits per heavy atom. The number of aliphatic carboxylic acids is 1. The van der Waals surface area contributed by atoms with Crippen LogP contribution in [0.3, 0.4) is 0 Å². The quantitative estimate of drug-likeness (QED) is 0.151. The Kier molecular flexibility index (Phi) is 16.2. The van der Waals surface area contributed by atoms with E-state index in [4.69, 9.17) is 4.57 Å². The Morgan fingerprint density at radius 2 is 1.25 bits per heavy atom. The molecule has 1 N–H and O–H groups in total. The standard InChI is InChI=1S/C27H44O3.HOP/c1-6-7-8-9-10-11-12-14-17-27(5,26(29)30)18-15-13-16-24(28)25-22(3)19-21(2)20-23(25)4;1-2/h19-20H,6-18H2,1-5H3,(H,29,30);2H. The lowest BCUT2D eigenvalue weighted by Gasteiger charge is -2.24. The molecule has 0 bridgehead atoms. The van der Waals surface area contributed by atoms with Crippen LogP contribution in [-0.2, 0) is 9.36 Å². The zero-order valence-electron chi connectivity index (χ0n) is 21.0. The third kappa shape index (κ3) is 11.4. The summed E-state index contributed by atoms with van der Waals surface area (Å²) in [5.41, 5.74) is 3.45. The van der Waals surface area contributed by atoms with Crippen LogP contribution in [0, 0.1) is 26.2 Å². The molecule has 1 atom stereocenters. The number of carboxylic acid groups (broad SMARTS) is 1. The second-order valence-electron chi connectivity index (χ2n) is 9.49. The van der Waals surface area contributed by atoms with E-state index in [0.717, 1.165) is 48.8 Å². The van der Waals surface area contributed by atoms with Gasteiger partial charge in [-0.15, -0.1) is 0 Å². The van der Waals surface area contributed by atoms with Gasteiger partial charge in [-0.3, -0.25) is 14.2 Å². The predicted molar refractivity (Wildman–Crippen MR) is 135 cm³/mol. The highest BCUT2D eigenvalue weighted by Gasteiger charge is 2.31. The molecule has 0 aromatic heterocycles. The number of aryl methyl sites for hydroxylation is 3. The predicted octanol–water partition coefficient (Wildman–Crippen LogP) is 8.45. The van der Waals surface area contributed by atoms with E-state index in [2.05, 4.69) is 19.1 Å². The molecule has 0 heterocycles. The van der Waals surface area contributed by atoms with Crippen LogP contribution >= 0.6 is 9.12 Å². The number of carboxylic acids is 1. The molecule has 182 valence electrons. The first-order chi connectivity index (χ1) is 15.2. The van der Waals surface area contributed by atoms with E-state index in [1.54, 1.807) is 9.12 Å². The number of rotatable bonds is 16. The van der Waals surface area contributed by atoms with Crippen molar-refractivity contribution in [2.24, 2.45) is 5.41 Å². The Hall–Kier alpha value is -1.54. The van der Waals surface area contributed by atoms with Crippen molar-refractivity contribution < 1.29 is 19.3 Å². The van der Waals surface area contributed by atoms with Crippen molar-refractivity contribution in [3.63, 3.8) is 0 Å². The van der Waals surface area contributed by atoms with E-state index >= 15 is 0 Å². The molecule has 32 heavy (non-hydrogen) atoms. The van der Waals surface area contributed by atoms with Gasteiger partial charge < -0.3 is 5.11 Å². The van der Waals surface area contributed by atoms with E-state index in [0.29, 0.717) is 12.8 Å². The van der Waals surface area contributed by atoms with E-state index in [1.165, 1.54) is 44.1 Å². The van der Waals surface area contributed by atoms with Crippen molar-refractivity contribution in [3.05, 3.63) is 34.4 Å². The first kappa shape index (κ1) is 30.5. The molecule has 0 spiro atoms. The van der Waals surface area contributed by atoms with Gasteiger partial charge in [0.1, 0.15) is 9.12 Å². The number of carbonyl (C=O) groups excluding carboxylic acids is 1. The number of unbranched alkanes of at least 4 members (excludes halogenated alkanes) is 8. The lowest BCUT2D eigenvalue weighted by molar-refractivity contribution is -0.149. The Bertz CT molecular complexity index is 678. The highest BCUT2D eigenvalue weighted by molar-refractivity contribution is 7.00. The van der Waals surface area contributed by atoms with Crippen molar-refractivity contribution in [3.8, 4) is 0 Å². The topological polar surface area (TPSA) is 71.4 Å². The summed E-state index contributed by atoms with van der Waals surface area (Å²) < 4.78 is 8.06. The van der Waals surface area contributed by atoms with Gasteiger partial charge in [-0.05, 0) is 58.1 Å². The molecular formula is C27H45O4P.